The zero-order valence-electron chi connectivity index (χ0n) is 13.9. The summed E-state index contributed by atoms with van der Waals surface area (Å²) in [6.07, 6.45) is 4.09. The molecule has 3 N–H and O–H groups in total. The minimum Gasteiger partial charge on any atom is -0.481 e. The lowest BCUT2D eigenvalue weighted by atomic mass is 9.75. The fraction of sp³-hybridized carbons (Fsp3) is 0.389. The molecule has 0 radical (unpaired) electrons. The number of nitrogens with one attached hydrogen (secondary N) is 1. The third-order valence-corrected chi connectivity index (χ3v) is 4.47. The summed E-state index contributed by atoms with van der Waals surface area (Å²) >= 11 is 0. The number of carbonyl (C=O) groups excluding carboxylic acids is 1. The number of rotatable bonds is 6. The first-order chi connectivity index (χ1) is 12.1. The molecule has 1 aliphatic carbocycles. The van der Waals surface area contributed by atoms with Gasteiger partial charge in [-0.3, -0.25) is 9.78 Å². The van der Waals surface area contributed by atoms with Crippen LogP contribution in [0, 0.1) is 5.92 Å². The summed E-state index contributed by atoms with van der Waals surface area (Å²) in [4.78, 5) is 20.9. The van der Waals surface area contributed by atoms with E-state index in [0.29, 0.717) is 24.3 Å². The zero-order valence-corrected chi connectivity index (χ0v) is 13.9. The first kappa shape index (κ1) is 17.3. The van der Waals surface area contributed by atoms with Gasteiger partial charge >= 0.3 is 0 Å². The van der Waals surface area contributed by atoms with Crippen LogP contribution in [0.1, 0.15) is 40.5 Å². The van der Waals surface area contributed by atoms with E-state index in [1.165, 1.54) is 6.20 Å². The second kappa shape index (κ2) is 7.58. The summed E-state index contributed by atoms with van der Waals surface area (Å²) in [7, 11) is 1.55. The molecule has 0 spiro atoms. The van der Waals surface area contributed by atoms with Crippen LogP contribution in [-0.2, 0) is 6.61 Å². The number of aliphatic hydroxyl groups excluding tert-OH is 2. The highest BCUT2D eigenvalue weighted by atomic mass is 16.5. The summed E-state index contributed by atoms with van der Waals surface area (Å²) in [5.74, 6) is 0.312. The van der Waals surface area contributed by atoms with Crippen molar-refractivity contribution < 1.29 is 19.7 Å². The highest BCUT2D eigenvalue weighted by molar-refractivity contribution is 5.92. The molecule has 1 atom stereocenters. The van der Waals surface area contributed by atoms with Crippen LogP contribution >= 0.6 is 0 Å². The van der Waals surface area contributed by atoms with E-state index in [9.17, 15) is 15.0 Å². The molecule has 0 aliphatic heterocycles. The van der Waals surface area contributed by atoms with Gasteiger partial charge in [-0.05, 0) is 42.0 Å². The molecule has 0 aromatic carbocycles. The average molecular weight is 343 g/mol. The standard InChI is InChI=1S/C18H21N3O4/c1-25-16-3-2-12(9-20-16)17(13-7-14(23)8-13)21-18(24)15-6-11(10-22)4-5-19-15/h2-6,9,13-14,17,22-23H,7-8,10H2,1H3,(H,21,24)/t13?,14?,17-/m0/s1. The lowest BCUT2D eigenvalue weighted by Crippen LogP contribution is -2.41. The van der Waals surface area contributed by atoms with E-state index in [4.69, 9.17) is 4.74 Å². The number of hydrogen-bond acceptors (Lipinski definition) is 6. The van der Waals surface area contributed by atoms with Crippen LogP contribution in [-0.4, -0.2) is 39.3 Å². The van der Waals surface area contributed by atoms with Gasteiger partial charge in [-0.2, -0.15) is 0 Å². The zero-order chi connectivity index (χ0) is 17.8. The van der Waals surface area contributed by atoms with Crippen molar-refractivity contribution in [2.24, 2.45) is 5.92 Å². The van der Waals surface area contributed by atoms with Crippen molar-refractivity contribution in [1.82, 2.24) is 15.3 Å². The predicted molar refractivity (Wildman–Crippen MR) is 89.9 cm³/mol. The van der Waals surface area contributed by atoms with Gasteiger partial charge in [-0.1, -0.05) is 6.07 Å². The molecule has 3 rings (SSSR count). The average Bonchev–Trinajstić information content (AvgIpc) is 2.64. The van der Waals surface area contributed by atoms with Gasteiger partial charge in [0.1, 0.15) is 5.69 Å². The fourth-order valence-electron chi connectivity index (χ4n) is 2.98. The van der Waals surface area contributed by atoms with Crippen molar-refractivity contribution in [3.05, 3.63) is 53.5 Å². The van der Waals surface area contributed by atoms with Crippen molar-refractivity contribution in [3.8, 4) is 5.88 Å². The summed E-state index contributed by atoms with van der Waals surface area (Å²) in [6.45, 7) is -0.149. The van der Waals surface area contributed by atoms with Crippen molar-refractivity contribution in [3.63, 3.8) is 0 Å². The number of amides is 1. The van der Waals surface area contributed by atoms with Gasteiger partial charge in [0, 0.05) is 18.5 Å². The van der Waals surface area contributed by atoms with Crippen LogP contribution in [0.4, 0.5) is 0 Å². The molecule has 7 nitrogen and oxygen atoms in total. The number of pyridine rings is 2. The summed E-state index contributed by atoms with van der Waals surface area (Å²) in [5, 5.41) is 21.8. The molecular formula is C18H21N3O4. The van der Waals surface area contributed by atoms with Crippen LogP contribution in [0.25, 0.3) is 0 Å². The van der Waals surface area contributed by atoms with Crippen LogP contribution in [0.3, 0.4) is 0 Å². The van der Waals surface area contributed by atoms with Gasteiger partial charge in [0.05, 0.1) is 25.9 Å². The predicted octanol–water partition coefficient (Wildman–Crippen LogP) is 1.22. The fourth-order valence-corrected chi connectivity index (χ4v) is 2.98. The minimum absolute atomic E-state index is 0.134. The lowest BCUT2D eigenvalue weighted by Gasteiger charge is -2.38. The number of ether oxygens (including phenoxy) is 1. The molecule has 0 saturated heterocycles. The number of aliphatic hydroxyl groups is 2. The van der Waals surface area contributed by atoms with Gasteiger partial charge in [0.2, 0.25) is 5.88 Å². The number of methoxy groups -OCH3 is 1. The SMILES string of the molecule is COc1ccc([C@H](NC(=O)c2cc(CO)ccn2)C2CC(O)C2)cn1. The smallest absolute Gasteiger partial charge is 0.270 e. The van der Waals surface area contributed by atoms with Gasteiger partial charge in [-0.15, -0.1) is 0 Å². The van der Waals surface area contributed by atoms with Crippen LogP contribution in [0.15, 0.2) is 36.7 Å². The first-order valence-corrected chi connectivity index (χ1v) is 8.15. The molecule has 132 valence electrons. The number of aromatic nitrogens is 2. The Labute approximate surface area is 145 Å². The normalized spacial score (nSPS) is 20.4. The molecular weight excluding hydrogens is 322 g/mol. The topological polar surface area (TPSA) is 105 Å². The van der Waals surface area contributed by atoms with Crippen LogP contribution < -0.4 is 10.1 Å². The maximum atomic E-state index is 12.6. The third kappa shape index (κ3) is 3.94. The van der Waals surface area contributed by atoms with Gasteiger partial charge in [-0.25, -0.2) is 4.98 Å². The molecule has 25 heavy (non-hydrogen) atoms. The van der Waals surface area contributed by atoms with E-state index < -0.39 is 0 Å². The summed E-state index contributed by atoms with van der Waals surface area (Å²) < 4.78 is 5.07. The molecule has 2 aromatic heterocycles. The van der Waals surface area contributed by atoms with Gasteiger partial charge in [0.15, 0.2) is 0 Å². The lowest BCUT2D eigenvalue weighted by molar-refractivity contribution is 0.0234. The Kier molecular flexibility index (Phi) is 5.25. The van der Waals surface area contributed by atoms with E-state index in [0.717, 1.165) is 5.56 Å². The Morgan fingerprint density at radius 3 is 2.76 bits per heavy atom. The van der Waals surface area contributed by atoms with E-state index in [-0.39, 0.29) is 36.3 Å². The Hall–Kier alpha value is -2.51. The minimum atomic E-state index is -0.327. The van der Waals surface area contributed by atoms with E-state index in [2.05, 4.69) is 15.3 Å². The van der Waals surface area contributed by atoms with Crippen LogP contribution in [0.2, 0.25) is 0 Å². The number of carbonyl (C=O) groups is 1. The molecule has 1 fully saturated rings. The summed E-state index contributed by atoms with van der Waals surface area (Å²) in [6, 6.07) is 6.56. The van der Waals surface area contributed by atoms with Gasteiger partial charge in [0.25, 0.3) is 5.91 Å². The molecule has 2 aromatic rings. The second-order valence-corrected chi connectivity index (χ2v) is 6.18. The molecule has 1 aliphatic rings. The maximum Gasteiger partial charge on any atom is 0.270 e. The molecule has 0 bridgehead atoms. The maximum absolute atomic E-state index is 12.6. The van der Waals surface area contributed by atoms with Crippen molar-refractivity contribution in [2.45, 2.75) is 31.6 Å². The van der Waals surface area contributed by atoms with E-state index in [1.807, 2.05) is 6.07 Å². The molecule has 2 heterocycles. The number of nitrogens with zero attached hydrogens (tertiary/aromatic N) is 2. The van der Waals surface area contributed by atoms with Crippen molar-refractivity contribution in [2.75, 3.05) is 7.11 Å². The molecule has 1 saturated carbocycles. The third-order valence-electron chi connectivity index (χ3n) is 4.47. The van der Waals surface area contributed by atoms with Crippen LogP contribution in [0.5, 0.6) is 5.88 Å². The molecule has 0 unspecified atom stereocenters. The Morgan fingerprint density at radius 1 is 1.36 bits per heavy atom. The Balaban J connectivity index is 1.80. The van der Waals surface area contributed by atoms with E-state index in [1.54, 1.807) is 31.5 Å². The quantitative estimate of drug-likeness (QED) is 0.728. The molecule has 1 amide bonds. The van der Waals surface area contributed by atoms with E-state index >= 15 is 0 Å². The van der Waals surface area contributed by atoms with Crippen molar-refractivity contribution >= 4 is 5.91 Å². The van der Waals surface area contributed by atoms with Gasteiger partial charge < -0.3 is 20.3 Å². The Bertz CT molecular complexity index is 729. The Morgan fingerprint density at radius 2 is 2.16 bits per heavy atom. The largest absolute Gasteiger partial charge is 0.481 e. The highest BCUT2D eigenvalue weighted by Crippen LogP contribution is 2.38. The first-order valence-electron chi connectivity index (χ1n) is 8.15. The molecule has 7 heteroatoms. The van der Waals surface area contributed by atoms with Crippen molar-refractivity contribution in [1.29, 1.82) is 0 Å². The monoisotopic (exact) mass is 343 g/mol. The second-order valence-electron chi connectivity index (χ2n) is 6.18. The highest BCUT2D eigenvalue weighted by Gasteiger charge is 2.36. The summed E-state index contributed by atoms with van der Waals surface area (Å²) in [5.41, 5.74) is 1.73. The number of hydrogen-bond donors (Lipinski definition) is 3.